The first-order chi connectivity index (χ1) is 8.13. The van der Waals surface area contributed by atoms with Crippen molar-refractivity contribution in [2.45, 2.75) is 13.0 Å². The average Bonchev–Trinajstić information content (AvgIpc) is 2.71. The van der Waals surface area contributed by atoms with Crippen molar-refractivity contribution in [3.63, 3.8) is 0 Å². The Balaban J connectivity index is 2.56. The van der Waals surface area contributed by atoms with Gasteiger partial charge in [-0.1, -0.05) is 0 Å². The molecule has 0 spiro atoms. The Morgan fingerprint density at radius 3 is 2.65 bits per heavy atom. The van der Waals surface area contributed by atoms with Crippen molar-refractivity contribution in [1.82, 2.24) is 14.8 Å². The third-order valence-electron chi connectivity index (χ3n) is 2.36. The first-order valence-corrected chi connectivity index (χ1v) is 5.07. The highest BCUT2D eigenvalue weighted by Crippen LogP contribution is 2.12. The number of H-pyrrole nitrogens is 1. The van der Waals surface area contributed by atoms with E-state index in [9.17, 15) is 4.79 Å². The Bertz CT molecular complexity index is 615. The summed E-state index contributed by atoms with van der Waals surface area (Å²) in [5, 5.41) is 14.9. The van der Waals surface area contributed by atoms with Crippen molar-refractivity contribution in [2.24, 2.45) is 5.73 Å². The van der Waals surface area contributed by atoms with Gasteiger partial charge in [0.25, 0.3) is 0 Å². The number of nitrogens with one attached hydrogen (secondary N) is 1. The second-order valence-electron chi connectivity index (χ2n) is 3.67. The molecule has 0 aliphatic carbocycles. The quantitative estimate of drug-likeness (QED) is 0.780. The van der Waals surface area contributed by atoms with E-state index in [2.05, 4.69) is 10.2 Å². The molecule has 1 aromatic heterocycles. The van der Waals surface area contributed by atoms with Crippen molar-refractivity contribution < 1.29 is 0 Å². The molecule has 0 saturated carbocycles. The van der Waals surface area contributed by atoms with E-state index in [1.807, 2.05) is 6.07 Å². The molecule has 17 heavy (non-hydrogen) atoms. The van der Waals surface area contributed by atoms with Crippen LogP contribution in [0, 0.1) is 11.3 Å². The minimum atomic E-state index is -0.357. The van der Waals surface area contributed by atoms with Crippen LogP contribution >= 0.6 is 0 Å². The van der Waals surface area contributed by atoms with Crippen LogP contribution in [-0.4, -0.2) is 14.8 Å². The molecule has 0 saturated heterocycles. The molecule has 6 nitrogen and oxygen atoms in total. The maximum atomic E-state index is 11.6. The molecule has 1 atom stereocenters. The largest absolute Gasteiger partial charge is 0.347 e. The predicted molar refractivity (Wildman–Crippen MR) is 61.5 cm³/mol. The molecule has 1 unspecified atom stereocenters. The summed E-state index contributed by atoms with van der Waals surface area (Å²) in [5.74, 6) is 0.458. The molecular weight excluding hydrogens is 218 g/mol. The fourth-order valence-corrected chi connectivity index (χ4v) is 1.55. The van der Waals surface area contributed by atoms with Crippen LogP contribution < -0.4 is 11.4 Å². The van der Waals surface area contributed by atoms with Gasteiger partial charge in [-0.3, -0.25) is 0 Å². The summed E-state index contributed by atoms with van der Waals surface area (Å²) in [4.78, 5) is 11.6. The zero-order valence-corrected chi connectivity index (χ0v) is 9.21. The first kappa shape index (κ1) is 11.1. The van der Waals surface area contributed by atoms with Gasteiger partial charge in [-0.25, -0.2) is 14.5 Å². The minimum absolute atomic E-state index is 0.345. The van der Waals surface area contributed by atoms with Gasteiger partial charge in [0.15, 0.2) is 5.82 Å². The third-order valence-corrected chi connectivity index (χ3v) is 2.36. The van der Waals surface area contributed by atoms with Gasteiger partial charge in [0.05, 0.1) is 23.4 Å². The number of hydrogen-bond acceptors (Lipinski definition) is 4. The number of aromatic amines is 1. The van der Waals surface area contributed by atoms with Gasteiger partial charge in [-0.15, -0.1) is 0 Å². The van der Waals surface area contributed by atoms with Crippen molar-refractivity contribution in [3.8, 4) is 11.8 Å². The number of nitrogens with two attached hydrogens (primary N) is 1. The Hall–Kier alpha value is -2.39. The smallest absolute Gasteiger partial charge is 0.322 e. The van der Waals surface area contributed by atoms with Crippen LogP contribution in [0.2, 0.25) is 0 Å². The molecular formula is C11H11N5O. The highest BCUT2D eigenvalue weighted by Gasteiger charge is 2.13. The van der Waals surface area contributed by atoms with Gasteiger partial charge in [-0.05, 0) is 31.2 Å². The van der Waals surface area contributed by atoms with Crippen molar-refractivity contribution in [1.29, 1.82) is 5.26 Å². The molecule has 0 fully saturated rings. The molecule has 0 aliphatic heterocycles. The van der Waals surface area contributed by atoms with Gasteiger partial charge in [0, 0.05) is 0 Å². The summed E-state index contributed by atoms with van der Waals surface area (Å²) < 4.78 is 1.39. The Kier molecular flexibility index (Phi) is 2.77. The SMILES string of the molecule is CC(N)c1n[nH]c(=O)n1-c1ccc(C#N)cc1. The van der Waals surface area contributed by atoms with Gasteiger partial charge in [0.2, 0.25) is 0 Å². The van der Waals surface area contributed by atoms with Crippen LogP contribution in [0.3, 0.4) is 0 Å². The van der Waals surface area contributed by atoms with E-state index in [0.717, 1.165) is 0 Å². The van der Waals surface area contributed by atoms with Gasteiger partial charge in [0.1, 0.15) is 0 Å². The zero-order chi connectivity index (χ0) is 12.4. The van der Waals surface area contributed by atoms with Gasteiger partial charge in [-0.2, -0.15) is 10.4 Å². The van der Waals surface area contributed by atoms with E-state index in [1.165, 1.54) is 4.57 Å². The molecule has 2 rings (SSSR count). The molecule has 0 radical (unpaired) electrons. The summed E-state index contributed by atoms with van der Waals surface area (Å²) in [6, 6.07) is 8.30. The highest BCUT2D eigenvalue weighted by atomic mass is 16.1. The van der Waals surface area contributed by atoms with Gasteiger partial charge < -0.3 is 5.73 Å². The lowest BCUT2D eigenvalue weighted by Gasteiger charge is -2.07. The molecule has 0 bridgehead atoms. The van der Waals surface area contributed by atoms with Crippen LogP contribution in [0.1, 0.15) is 24.4 Å². The van der Waals surface area contributed by atoms with E-state index in [-0.39, 0.29) is 11.7 Å². The number of hydrogen-bond donors (Lipinski definition) is 2. The molecule has 3 N–H and O–H groups in total. The Morgan fingerprint density at radius 2 is 2.12 bits per heavy atom. The van der Waals surface area contributed by atoms with Gasteiger partial charge >= 0.3 is 5.69 Å². The van der Waals surface area contributed by atoms with E-state index < -0.39 is 0 Å². The van der Waals surface area contributed by atoms with Crippen LogP contribution in [-0.2, 0) is 0 Å². The van der Waals surface area contributed by atoms with Crippen LogP contribution in [0.15, 0.2) is 29.1 Å². The number of benzene rings is 1. The molecule has 1 aromatic carbocycles. The van der Waals surface area contributed by atoms with Crippen LogP contribution in [0.4, 0.5) is 0 Å². The molecule has 1 heterocycles. The summed E-state index contributed by atoms with van der Waals surface area (Å²) >= 11 is 0. The van der Waals surface area contributed by atoms with E-state index in [4.69, 9.17) is 11.0 Å². The standard InChI is InChI=1S/C11H11N5O/c1-7(13)10-14-15-11(17)16(10)9-4-2-8(6-12)3-5-9/h2-5,7H,13H2,1H3,(H,15,17). The predicted octanol–water partition coefficient (Wildman–Crippen LogP) is 0.452. The zero-order valence-electron chi connectivity index (χ0n) is 9.21. The van der Waals surface area contributed by atoms with Crippen molar-refractivity contribution in [3.05, 3.63) is 46.1 Å². The molecule has 6 heteroatoms. The second kappa shape index (κ2) is 4.23. The van der Waals surface area contributed by atoms with E-state index in [0.29, 0.717) is 17.1 Å². The monoisotopic (exact) mass is 229 g/mol. The fraction of sp³-hybridized carbons (Fsp3) is 0.182. The number of nitrogens with zero attached hydrogens (tertiary/aromatic N) is 3. The lowest BCUT2D eigenvalue weighted by molar-refractivity contribution is 0.712. The van der Waals surface area contributed by atoms with Crippen LogP contribution in [0.5, 0.6) is 0 Å². The highest BCUT2D eigenvalue weighted by molar-refractivity contribution is 5.39. The summed E-state index contributed by atoms with van der Waals surface area (Å²) in [5.41, 5.74) is 6.55. The first-order valence-electron chi connectivity index (χ1n) is 5.07. The maximum absolute atomic E-state index is 11.6. The summed E-state index contributed by atoms with van der Waals surface area (Å²) in [6.45, 7) is 1.75. The number of aromatic nitrogens is 3. The van der Waals surface area contributed by atoms with Crippen LogP contribution in [0.25, 0.3) is 5.69 Å². The number of rotatable bonds is 2. The molecule has 0 amide bonds. The Labute approximate surface area is 97.3 Å². The fourth-order valence-electron chi connectivity index (χ4n) is 1.55. The minimum Gasteiger partial charge on any atom is -0.322 e. The van der Waals surface area contributed by atoms with E-state index in [1.54, 1.807) is 31.2 Å². The normalized spacial score (nSPS) is 12.1. The summed E-state index contributed by atoms with van der Waals surface area (Å²) in [7, 11) is 0. The summed E-state index contributed by atoms with van der Waals surface area (Å²) in [6.07, 6.45) is 0. The topological polar surface area (TPSA) is 100 Å². The third kappa shape index (κ3) is 1.96. The van der Waals surface area contributed by atoms with Crippen molar-refractivity contribution in [2.75, 3.05) is 0 Å². The lowest BCUT2D eigenvalue weighted by Crippen LogP contribution is -2.20. The Morgan fingerprint density at radius 1 is 1.47 bits per heavy atom. The molecule has 0 aliphatic rings. The lowest BCUT2D eigenvalue weighted by atomic mass is 10.2. The second-order valence-corrected chi connectivity index (χ2v) is 3.67. The molecule has 86 valence electrons. The van der Waals surface area contributed by atoms with Crippen molar-refractivity contribution >= 4 is 0 Å². The number of nitriles is 1. The molecule has 2 aromatic rings. The average molecular weight is 229 g/mol. The van der Waals surface area contributed by atoms with E-state index >= 15 is 0 Å². The maximum Gasteiger partial charge on any atom is 0.347 e.